The first-order valence-corrected chi connectivity index (χ1v) is 8.93. The van der Waals surface area contributed by atoms with Gasteiger partial charge in [0.15, 0.2) is 17.5 Å². The Morgan fingerprint density at radius 3 is 1.96 bits per heavy atom. The lowest BCUT2D eigenvalue weighted by Crippen LogP contribution is -2.36. The van der Waals surface area contributed by atoms with Gasteiger partial charge >= 0.3 is 0 Å². The molecule has 0 aromatic heterocycles. The summed E-state index contributed by atoms with van der Waals surface area (Å²) in [5.41, 5.74) is 3.19. The number of nitrogens with one attached hydrogen (secondary N) is 2. The molecule has 0 atom stereocenters. The lowest BCUT2D eigenvalue weighted by atomic mass is 10.1. The Labute approximate surface area is 166 Å². The second kappa shape index (κ2) is 10.3. The predicted octanol–water partition coefficient (Wildman–Crippen LogP) is 2.89. The van der Waals surface area contributed by atoms with Gasteiger partial charge in [-0.1, -0.05) is 12.1 Å². The summed E-state index contributed by atoms with van der Waals surface area (Å²) in [5, 5.41) is 6.59. The van der Waals surface area contributed by atoms with Crippen molar-refractivity contribution in [3.8, 4) is 23.0 Å². The number of ether oxygens (including phenoxy) is 4. The average Bonchev–Trinajstić information content (AvgIpc) is 2.73. The van der Waals surface area contributed by atoms with E-state index >= 15 is 0 Å². The molecular formula is C21H29N3O4. The Morgan fingerprint density at radius 2 is 1.43 bits per heavy atom. The maximum absolute atomic E-state index is 5.45. The van der Waals surface area contributed by atoms with Crippen molar-refractivity contribution >= 4 is 5.96 Å². The van der Waals surface area contributed by atoms with E-state index in [0.717, 1.165) is 22.4 Å². The third-order valence-electron chi connectivity index (χ3n) is 4.30. The van der Waals surface area contributed by atoms with Gasteiger partial charge in [0, 0.05) is 25.7 Å². The van der Waals surface area contributed by atoms with Crippen molar-refractivity contribution in [1.29, 1.82) is 0 Å². The maximum atomic E-state index is 5.45. The van der Waals surface area contributed by atoms with Gasteiger partial charge in [-0.3, -0.25) is 4.99 Å². The molecule has 0 saturated heterocycles. The van der Waals surface area contributed by atoms with Crippen molar-refractivity contribution in [2.24, 2.45) is 4.99 Å². The number of benzene rings is 2. The van der Waals surface area contributed by atoms with Crippen LogP contribution in [0.15, 0.2) is 35.3 Å². The Kier molecular flexibility index (Phi) is 7.80. The number of methoxy groups -OCH3 is 4. The molecular weight excluding hydrogens is 358 g/mol. The van der Waals surface area contributed by atoms with Crippen LogP contribution in [-0.4, -0.2) is 41.4 Å². The van der Waals surface area contributed by atoms with E-state index < -0.39 is 0 Å². The Bertz CT molecular complexity index is 796. The van der Waals surface area contributed by atoms with Crippen molar-refractivity contribution in [1.82, 2.24) is 10.6 Å². The van der Waals surface area contributed by atoms with Gasteiger partial charge in [0.05, 0.1) is 28.4 Å². The van der Waals surface area contributed by atoms with Gasteiger partial charge in [0.2, 0.25) is 5.75 Å². The van der Waals surface area contributed by atoms with E-state index in [4.69, 9.17) is 18.9 Å². The molecule has 2 aromatic carbocycles. The molecule has 0 spiro atoms. The minimum absolute atomic E-state index is 0.543. The summed E-state index contributed by atoms with van der Waals surface area (Å²) < 4.78 is 21.6. The summed E-state index contributed by atoms with van der Waals surface area (Å²) in [6, 6.07) is 9.94. The minimum Gasteiger partial charge on any atom is -0.496 e. The summed E-state index contributed by atoms with van der Waals surface area (Å²) in [7, 11) is 8.20. The number of rotatable bonds is 8. The normalized spacial score (nSPS) is 11.0. The van der Waals surface area contributed by atoms with Crippen molar-refractivity contribution in [3.63, 3.8) is 0 Å². The summed E-state index contributed by atoms with van der Waals surface area (Å²) in [5.74, 6) is 3.34. The fraction of sp³-hybridized carbons (Fsp3) is 0.381. The molecule has 0 unspecified atom stereocenters. The van der Waals surface area contributed by atoms with E-state index in [1.54, 1.807) is 35.5 Å². The monoisotopic (exact) mass is 387 g/mol. The van der Waals surface area contributed by atoms with E-state index in [1.807, 2.05) is 31.2 Å². The van der Waals surface area contributed by atoms with Gasteiger partial charge in [-0.05, 0) is 36.2 Å². The third kappa shape index (κ3) is 5.22. The number of aryl methyl sites for hydroxylation is 1. The van der Waals surface area contributed by atoms with E-state index in [2.05, 4.69) is 21.7 Å². The zero-order valence-corrected chi connectivity index (χ0v) is 17.4. The highest BCUT2D eigenvalue weighted by Crippen LogP contribution is 2.38. The molecule has 0 heterocycles. The highest BCUT2D eigenvalue weighted by atomic mass is 16.5. The van der Waals surface area contributed by atoms with E-state index in [1.165, 1.54) is 0 Å². The first-order valence-electron chi connectivity index (χ1n) is 8.93. The number of aliphatic imine (C=N–C) groups is 1. The Balaban J connectivity index is 2.05. The molecule has 0 aliphatic rings. The van der Waals surface area contributed by atoms with Crippen LogP contribution in [0.3, 0.4) is 0 Å². The van der Waals surface area contributed by atoms with Crippen molar-refractivity contribution in [2.45, 2.75) is 20.0 Å². The number of nitrogens with zero attached hydrogens (tertiary/aromatic N) is 1. The zero-order chi connectivity index (χ0) is 20.5. The lowest BCUT2D eigenvalue weighted by molar-refractivity contribution is 0.323. The molecule has 0 amide bonds. The molecule has 0 fully saturated rings. The molecule has 0 aliphatic carbocycles. The van der Waals surface area contributed by atoms with Gasteiger partial charge in [0.1, 0.15) is 5.75 Å². The maximum Gasteiger partial charge on any atom is 0.203 e. The smallest absolute Gasteiger partial charge is 0.203 e. The first-order chi connectivity index (χ1) is 13.6. The highest BCUT2D eigenvalue weighted by Gasteiger charge is 2.13. The molecule has 0 saturated carbocycles. The van der Waals surface area contributed by atoms with Crippen LogP contribution >= 0.6 is 0 Å². The van der Waals surface area contributed by atoms with Crippen molar-refractivity contribution in [2.75, 3.05) is 35.5 Å². The SMILES string of the molecule is CN=C(NCc1cc(OC)c(OC)c(OC)c1)NCc1ccc(C)cc1OC. The Morgan fingerprint density at radius 1 is 0.821 bits per heavy atom. The summed E-state index contributed by atoms with van der Waals surface area (Å²) >= 11 is 0. The molecule has 2 N–H and O–H groups in total. The van der Waals surface area contributed by atoms with Crippen LogP contribution in [-0.2, 0) is 13.1 Å². The van der Waals surface area contributed by atoms with Crippen molar-refractivity contribution < 1.29 is 18.9 Å². The molecule has 0 bridgehead atoms. The number of hydrogen-bond donors (Lipinski definition) is 2. The van der Waals surface area contributed by atoms with Crippen LogP contribution in [0, 0.1) is 6.92 Å². The third-order valence-corrected chi connectivity index (χ3v) is 4.30. The van der Waals surface area contributed by atoms with Gasteiger partial charge in [-0.15, -0.1) is 0 Å². The topological polar surface area (TPSA) is 73.3 Å². The predicted molar refractivity (Wildman–Crippen MR) is 111 cm³/mol. The average molecular weight is 387 g/mol. The van der Waals surface area contributed by atoms with E-state index in [0.29, 0.717) is 36.3 Å². The molecule has 0 radical (unpaired) electrons. The minimum atomic E-state index is 0.543. The second-order valence-corrected chi connectivity index (χ2v) is 6.13. The van der Waals surface area contributed by atoms with Crippen LogP contribution < -0.4 is 29.6 Å². The molecule has 152 valence electrons. The zero-order valence-electron chi connectivity index (χ0n) is 17.4. The van der Waals surface area contributed by atoms with Crippen LogP contribution in [0.1, 0.15) is 16.7 Å². The van der Waals surface area contributed by atoms with E-state index in [-0.39, 0.29) is 0 Å². The molecule has 2 rings (SSSR count). The lowest BCUT2D eigenvalue weighted by Gasteiger charge is -2.16. The Hall–Kier alpha value is -3.09. The van der Waals surface area contributed by atoms with Gasteiger partial charge < -0.3 is 29.6 Å². The van der Waals surface area contributed by atoms with E-state index in [9.17, 15) is 0 Å². The fourth-order valence-corrected chi connectivity index (χ4v) is 2.82. The summed E-state index contributed by atoms with van der Waals surface area (Å²) in [6.07, 6.45) is 0. The van der Waals surface area contributed by atoms with Gasteiger partial charge in [-0.25, -0.2) is 0 Å². The largest absolute Gasteiger partial charge is 0.496 e. The van der Waals surface area contributed by atoms with Gasteiger partial charge in [-0.2, -0.15) is 0 Å². The molecule has 2 aromatic rings. The van der Waals surface area contributed by atoms with Crippen LogP contribution in [0.4, 0.5) is 0 Å². The van der Waals surface area contributed by atoms with Gasteiger partial charge in [0.25, 0.3) is 0 Å². The standard InChI is InChI=1S/C21H29N3O4/c1-14-7-8-16(17(9-14)25-3)13-24-21(22-2)23-12-15-10-18(26-4)20(28-6)19(11-15)27-5/h7-11H,12-13H2,1-6H3,(H2,22,23,24). The first kappa shape index (κ1) is 21.2. The number of guanidine groups is 1. The van der Waals surface area contributed by atoms with Crippen LogP contribution in [0.25, 0.3) is 0 Å². The quantitative estimate of drug-likeness (QED) is 0.536. The van der Waals surface area contributed by atoms with Crippen LogP contribution in [0.2, 0.25) is 0 Å². The highest BCUT2D eigenvalue weighted by molar-refractivity contribution is 5.79. The second-order valence-electron chi connectivity index (χ2n) is 6.13. The summed E-state index contributed by atoms with van der Waals surface area (Å²) in [4.78, 5) is 4.28. The van der Waals surface area contributed by atoms with Crippen LogP contribution in [0.5, 0.6) is 23.0 Å². The fourth-order valence-electron chi connectivity index (χ4n) is 2.82. The number of hydrogen-bond acceptors (Lipinski definition) is 5. The van der Waals surface area contributed by atoms with Crippen molar-refractivity contribution in [3.05, 3.63) is 47.0 Å². The molecule has 7 nitrogen and oxygen atoms in total. The molecule has 28 heavy (non-hydrogen) atoms. The summed E-state index contributed by atoms with van der Waals surface area (Å²) in [6.45, 7) is 3.18. The molecule has 7 heteroatoms. The molecule has 0 aliphatic heterocycles.